The summed E-state index contributed by atoms with van der Waals surface area (Å²) in [6, 6.07) is 8.05. The van der Waals surface area contributed by atoms with Crippen LogP contribution in [-0.4, -0.2) is 19.2 Å². The lowest BCUT2D eigenvalue weighted by atomic mass is 9.87. The molecule has 1 saturated carbocycles. The summed E-state index contributed by atoms with van der Waals surface area (Å²) in [7, 11) is 1.67. The van der Waals surface area contributed by atoms with Crippen LogP contribution in [0.15, 0.2) is 24.3 Å². The van der Waals surface area contributed by atoms with E-state index in [0.717, 1.165) is 22.0 Å². The maximum Gasteiger partial charge on any atom is 0.306 e. The second-order valence-corrected chi connectivity index (χ2v) is 7.24. The van der Waals surface area contributed by atoms with Gasteiger partial charge in [-0.15, -0.1) is 0 Å². The Hall–Kier alpha value is -0.620. The predicted molar refractivity (Wildman–Crippen MR) is 95.7 cm³/mol. The first-order valence-corrected chi connectivity index (χ1v) is 9.16. The summed E-state index contributed by atoms with van der Waals surface area (Å²) in [5, 5.41) is 0. The molecular weight excluding hydrogens is 391 g/mol. The lowest BCUT2D eigenvalue weighted by Crippen LogP contribution is -2.26. The molecule has 0 spiro atoms. The van der Waals surface area contributed by atoms with E-state index in [1.165, 1.54) is 19.3 Å². The predicted octanol–water partition coefficient (Wildman–Crippen LogP) is 4.88. The van der Waals surface area contributed by atoms with E-state index in [4.69, 9.17) is 9.47 Å². The molecule has 2 rings (SSSR count). The summed E-state index contributed by atoms with van der Waals surface area (Å²) in [6.45, 7) is 1.91. The highest BCUT2D eigenvalue weighted by Gasteiger charge is 2.26. The Bertz CT molecular complexity index is 483. The second-order valence-electron chi connectivity index (χ2n) is 6.08. The molecule has 1 aliphatic rings. The van der Waals surface area contributed by atoms with Crippen LogP contribution in [0.1, 0.15) is 57.1 Å². The van der Waals surface area contributed by atoms with Crippen LogP contribution in [0.25, 0.3) is 0 Å². The summed E-state index contributed by atoms with van der Waals surface area (Å²) >= 11 is 2.29. The fourth-order valence-electron chi connectivity index (χ4n) is 3.22. The van der Waals surface area contributed by atoms with Crippen LogP contribution in [0, 0.1) is 9.49 Å². The van der Waals surface area contributed by atoms with E-state index < -0.39 is 0 Å². The first-order chi connectivity index (χ1) is 10.6. The Morgan fingerprint density at radius 2 is 1.95 bits per heavy atom. The van der Waals surface area contributed by atoms with Crippen LogP contribution in [0.4, 0.5) is 0 Å². The molecule has 122 valence electrons. The Morgan fingerprint density at radius 1 is 1.27 bits per heavy atom. The monoisotopic (exact) mass is 416 g/mol. The molecule has 0 saturated heterocycles. The number of esters is 1. The van der Waals surface area contributed by atoms with Crippen molar-refractivity contribution in [1.29, 1.82) is 0 Å². The SMILES string of the molecule is CO[C@@H](c1ccccc1I)[C@H](C)OC(=O)CC1CCCCC1. The molecule has 0 N–H and O–H groups in total. The molecule has 0 bridgehead atoms. The first kappa shape index (κ1) is 17.7. The third-order valence-corrected chi connectivity index (χ3v) is 5.37. The van der Waals surface area contributed by atoms with Crippen LogP contribution in [0.3, 0.4) is 0 Å². The van der Waals surface area contributed by atoms with Gasteiger partial charge in [-0.3, -0.25) is 4.79 Å². The van der Waals surface area contributed by atoms with Crippen molar-refractivity contribution in [3.8, 4) is 0 Å². The third kappa shape index (κ3) is 4.95. The van der Waals surface area contributed by atoms with Gasteiger partial charge in [0, 0.05) is 17.1 Å². The van der Waals surface area contributed by atoms with Crippen LogP contribution in [0.2, 0.25) is 0 Å². The molecule has 0 aliphatic heterocycles. The molecule has 0 amide bonds. The van der Waals surface area contributed by atoms with Crippen LogP contribution >= 0.6 is 22.6 Å². The van der Waals surface area contributed by atoms with Crippen molar-refractivity contribution in [3.05, 3.63) is 33.4 Å². The molecule has 0 heterocycles. The largest absolute Gasteiger partial charge is 0.460 e. The maximum atomic E-state index is 12.2. The number of methoxy groups -OCH3 is 1. The third-order valence-electron chi connectivity index (χ3n) is 4.39. The van der Waals surface area contributed by atoms with Gasteiger partial charge in [-0.25, -0.2) is 0 Å². The quantitative estimate of drug-likeness (QED) is 0.490. The first-order valence-electron chi connectivity index (χ1n) is 8.08. The van der Waals surface area contributed by atoms with Crippen LogP contribution in [0.5, 0.6) is 0 Å². The molecule has 2 atom stereocenters. The average Bonchev–Trinajstić information content (AvgIpc) is 2.50. The topological polar surface area (TPSA) is 35.5 Å². The number of benzene rings is 1. The zero-order valence-electron chi connectivity index (χ0n) is 13.4. The van der Waals surface area contributed by atoms with E-state index in [9.17, 15) is 4.79 Å². The summed E-state index contributed by atoms with van der Waals surface area (Å²) in [5.74, 6) is 0.415. The van der Waals surface area contributed by atoms with Crippen LogP contribution in [-0.2, 0) is 14.3 Å². The van der Waals surface area contributed by atoms with Crippen molar-refractivity contribution in [2.45, 2.75) is 57.7 Å². The standard InChI is InChI=1S/C18H25IO3/c1-13(18(21-2)15-10-6-7-11-16(15)19)22-17(20)12-14-8-4-3-5-9-14/h6-7,10-11,13-14,18H,3-5,8-9,12H2,1-2H3/t13-,18+/m0/s1. The molecule has 3 nitrogen and oxygen atoms in total. The van der Waals surface area contributed by atoms with Gasteiger partial charge in [0.15, 0.2) is 0 Å². The van der Waals surface area contributed by atoms with E-state index >= 15 is 0 Å². The van der Waals surface area contributed by atoms with Crippen molar-refractivity contribution in [2.24, 2.45) is 5.92 Å². The fourth-order valence-corrected chi connectivity index (χ4v) is 3.92. The Balaban J connectivity index is 1.92. The van der Waals surface area contributed by atoms with Crippen molar-refractivity contribution >= 4 is 28.6 Å². The molecule has 0 unspecified atom stereocenters. The Kier molecular flexibility index (Phi) is 7.15. The lowest BCUT2D eigenvalue weighted by Gasteiger charge is -2.26. The van der Waals surface area contributed by atoms with Crippen molar-refractivity contribution in [1.82, 2.24) is 0 Å². The summed E-state index contributed by atoms with van der Waals surface area (Å²) < 4.78 is 12.4. The fraction of sp³-hybridized carbons (Fsp3) is 0.611. The van der Waals surface area contributed by atoms with Crippen molar-refractivity contribution < 1.29 is 14.3 Å². The Labute approximate surface area is 146 Å². The van der Waals surface area contributed by atoms with Gasteiger partial charge in [-0.05, 0) is 59.9 Å². The number of hydrogen-bond acceptors (Lipinski definition) is 3. The van der Waals surface area contributed by atoms with Crippen LogP contribution < -0.4 is 0 Å². The highest BCUT2D eigenvalue weighted by molar-refractivity contribution is 14.1. The summed E-state index contributed by atoms with van der Waals surface area (Å²) in [4.78, 5) is 12.2. The number of carbonyl (C=O) groups is 1. The van der Waals surface area contributed by atoms with Gasteiger partial charge >= 0.3 is 5.97 Å². The molecule has 1 aromatic rings. The van der Waals surface area contributed by atoms with Crippen molar-refractivity contribution in [3.63, 3.8) is 0 Å². The van der Waals surface area contributed by atoms with E-state index in [2.05, 4.69) is 22.6 Å². The minimum atomic E-state index is -0.281. The van der Waals surface area contributed by atoms with Crippen molar-refractivity contribution in [2.75, 3.05) is 7.11 Å². The minimum Gasteiger partial charge on any atom is -0.460 e. The number of halogens is 1. The second kappa shape index (κ2) is 8.87. The summed E-state index contributed by atoms with van der Waals surface area (Å²) in [5.41, 5.74) is 1.07. The van der Waals surface area contributed by atoms with Gasteiger partial charge in [-0.1, -0.05) is 37.5 Å². The minimum absolute atomic E-state index is 0.0904. The molecule has 22 heavy (non-hydrogen) atoms. The van der Waals surface area contributed by atoms with E-state index in [1.54, 1.807) is 7.11 Å². The molecule has 1 fully saturated rings. The molecule has 0 radical (unpaired) electrons. The highest BCUT2D eigenvalue weighted by atomic mass is 127. The smallest absolute Gasteiger partial charge is 0.306 e. The number of carbonyl (C=O) groups excluding carboxylic acids is 1. The maximum absolute atomic E-state index is 12.2. The van der Waals surface area contributed by atoms with Gasteiger partial charge < -0.3 is 9.47 Å². The lowest BCUT2D eigenvalue weighted by molar-refractivity contribution is -0.156. The molecule has 1 aliphatic carbocycles. The zero-order chi connectivity index (χ0) is 15.9. The van der Waals surface area contributed by atoms with Gasteiger partial charge in [0.1, 0.15) is 12.2 Å². The van der Waals surface area contributed by atoms with Gasteiger partial charge in [0.2, 0.25) is 0 Å². The normalized spacial score (nSPS) is 18.7. The zero-order valence-corrected chi connectivity index (χ0v) is 15.5. The molecule has 4 heteroatoms. The molecular formula is C18H25IO3. The van der Waals surface area contributed by atoms with E-state index in [0.29, 0.717) is 12.3 Å². The number of rotatable bonds is 6. The van der Waals surface area contributed by atoms with Gasteiger partial charge in [0.25, 0.3) is 0 Å². The highest BCUT2D eigenvalue weighted by Crippen LogP contribution is 2.29. The molecule has 1 aromatic carbocycles. The number of hydrogen-bond donors (Lipinski definition) is 0. The van der Waals surface area contributed by atoms with Gasteiger partial charge in [-0.2, -0.15) is 0 Å². The van der Waals surface area contributed by atoms with E-state index in [-0.39, 0.29) is 18.2 Å². The molecule has 0 aromatic heterocycles. The summed E-state index contributed by atoms with van der Waals surface area (Å²) in [6.07, 6.45) is 6.17. The van der Waals surface area contributed by atoms with Gasteiger partial charge in [0.05, 0.1) is 0 Å². The average molecular weight is 416 g/mol. The number of ether oxygens (including phenoxy) is 2. The Morgan fingerprint density at radius 3 is 2.59 bits per heavy atom. The van der Waals surface area contributed by atoms with E-state index in [1.807, 2.05) is 31.2 Å².